The number of nitrogens with zero attached hydrogens (tertiary/aromatic N) is 2. The smallest absolute Gasteiger partial charge is 0.260 e. The van der Waals surface area contributed by atoms with Crippen LogP contribution in [0.25, 0.3) is 0 Å². The summed E-state index contributed by atoms with van der Waals surface area (Å²) in [6.45, 7) is 1.94. The Morgan fingerprint density at radius 3 is 2.89 bits per heavy atom. The summed E-state index contributed by atoms with van der Waals surface area (Å²) in [4.78, 5) is 11.8. The Morgan fingerprint density at radius 1 is 1.50 bits per heavy atom. The summed E-state index contributed by atoms with van der Waals surface area (Å²) in [6.07, 6.45) is 0.739. The first-order valence-corrected chi connectivity index (χ1v) is 6.38. The van der Waals surface area contributed by atoms with Crippen LogP contribution in [0, 0.1) is 5.82 Å². The molecule has 18 heavy (non-hydrogen) atoms. The molecule has 7 heteroatoms. The van der Waals surface area contributed by atoms with Crippen LogP contribution in [-0.2, 0) is 6.42 Å². The number of carbonyl (C=O) groups excluding carboxylic acids is 1. The first-order valence-electron chi connectivity index (χ1n) is 5.19. The van der Waals surface area contributed by atoms with Crippen LogP contribution in [0.1, 0.15) is 22.3 Å². The molecule has 1 amide bonds. The van der Waals surface area contributed by atoms with Crippen molar-refractivity contribution < 1.29 is 9.18 Å². The van der Waals surface area contributed by atoms with E-state index in [0.29, 0.717) is 5.13 Å². The van der Waals surface area contributed by atoms with Gasteiger partial charge >= 0.3 is 0 Å². The Labute approximate surface area is 112 Å². The standard InChI is InChI=1S/C11H9ClFN3OS/c1-2-9-15-16-11(18-9)14-10(17)7-4-3-6(12)5-8(7)13/h3-5H,2H2,1H3,(H,14,16,17). The summed E-state index contributed by atoms with van der Waals surface area (Å²) < 4.78 is 13.5. The van der Waals surface area contributed by atoms with Gasteiger partial charge in [-0.3, -0.25) is 10.1 Å². The summed E-state index contributed by atoms with van der Waals surface area (Å²) in [7, 11) is 0. The van der Waals surface area contributed by atoms with E-state index in [1.54, 1.807) is 0 Å². The van der Waals surface area contributed by atoms with Crippen molar-refractivity contribution in [1.82, 2.24) is 10.2 Å². The molecule has 2 aromatic rings. The number of benzene rings is 1. The quantitative estimate of drug-likeness (QED) is 0.942. The first-order chi connectivity index (χ1) is 8.60. The van der Waals surface area contributed by atoms with Gasteiger partial charge in [0.2, 0.25) is 5.13 Å². The van der Waals surface area contributed by atoms with E-state index in [9.17, 15) is 9.18 Å². The van der Waals surface area contributed by atoms with Gasteiger partial charge in [-0.2, -0.15) is 0 Å². The number of amides is 1. The number of aryl methyl sites for hydroxylation is 1. The van der Waals surface area contributed by atoms with Crippen LogP contribution in [0.15, 0.2) is 18.2 Å². The van der Waals surface area contributed by atoms with Gasteiger partial charge < -0.3 is 0 Å². The lowest BCUT2D eigenvalue weighted by Gasteiger charge is -2.02. The number of rotatable bonds is 3. The van der Waals surface area contributed by atoms with E-state index in [0.717, 1.165) is 17.5 Å². The molecule has 0 radical (unpaired) electrons. The average molecular weight is 286 g/mol. The molecular formula is C11H9ClFN3OS. The maximum atomic E-state index is 13.5. The molecule has 0 bridgehead atoms. The van der Waals surface area contributed by atoms with E-state index < -0.39 is 11.7 Å². The number of halogens is 2. The summed E-state index contributed by atoms with van der Waals surface area (Å²) in [5.41, 5.74) is -0.0763. The molecule has 0 aliphatic rings. The monoisotopic (exact) mass is 285 g/mol. The van der Waals surface area contributed by atoms with E-state index in [4.69, 9.17) is 11.6 Å². The minimum atomic E-state index is -0.666. The van der Waals surface area contributed by atoms with Gasteiger partial charge in [0.05, 0.1) is 5.56 Å². The second kappa shape index (κ2) is 5.41. The van der Waals surface area contributed by atoms with E-state index in [2.05, 4.69) is 15.5 Å². The van der Waals surface area contributed by atoms with E-state index in [1.165, 1.54) is 23.5 Å². The molecule has 1 aromatic carbocycles. The third-order valence-electron chi connectivity index (χ3n) is 2.17. The number of hydrogen-bond donors (Lipinski definition) is 1. The predicted molar refractivity (Wildman–Crippen MR) is 68.7 cm³/mol. The van der Waals surface area contributed by atoms with Crippen LogP contribution in [0.2, 0.25) is 5.02 Å². The van der Waals surface area contributed by atoms with Crippen LogP contribution in [0.5, 0.6) is 0 Å². The van der Waals surface area contributed by atoms with Gasteiger partial charge in [0.15, 0.2) is 0 Å². The Balaban J connectivity index is 2.16. The second-order valence-corrected chi connectivity index (χ2v) is 4.93. The average Bonchev–Trinajstić information content (AvgIpc) is 2.76. The number of nitrogens with one attached hydrogen (secondary N) is 1. The third-order valence-corrected chi connectivity index (χ3v) is 3.38. The van der Waals surface area contributed by atoms with Crippen LogP contribution >= 0.6 is 22.9 Å². The highest BCUT2D eigenvalue weighted by Crippen LogP contribution is 2.19. The summed E-state index contributed by atoms with van der Waals surface area (Å²) >= 11 is 6.87. The minimum absolute atomic E-state index is 0.0763. The maximum absolute atomic E-state index is 13.5. The van der Waals surface area contributed by atoms with Crippen molar-refractivity contribution >= 4 is 34.0 Å². The minimum Gasteiger partial charge on any atom is -0.296 e. The van der Waals surface area contributed by atoms with Crippen molar-refractivity contribution in [2.24, 2.45) is 0 Å². The van der Waals surface area contributed by atoms with E-state index >= 15 is 0 Å². The van der Waals surface area contributed by atoms with Crippen molar-refractivity contribution in [2.45, 2.75) is 13.3 Å². The van der Waals surface area contributed by atoms with Crippen molar-refractivity contribution in [3.05, 3.63) is 39.6 Å². The molecule has 0 saturated carbocycles. The number of hydrogen-bond acceptors (Lipinski definition) is 4. The Kier molecular flexibility index (Phi) is 3.88. The Morgan fingerprint density at radius 2 is 2.28 bits per heavy atom. The highest BCUT2D eigenvalue weighted by atomic mass is 35.5. The van der Waals surface area contributed by atoms with Crippen LogP contribution < -0.4 is 5.32 Å². The lowest BCUT2D eigenvalue weighted by molar-refractivity contribution is 0.102. The molecular weight excluding hydrogens is 277 g/mol. The lowest BCUT2D eigenvalue weighted by Crippen LogP contribution is -2.13. The molecule has 0 fully saturated rings. The van der Waals surface area contributed by atoms with Crippen LogP contribution in [-0.4, -0.2) is 16.1 Å². The van der Waals surface area contributed by atoms with Gasteiger partial charge in [0, 0.05) is 5.02 Å². The molecule has 1 heterocycles. The zero-order valence-electron chi connectivity index (χ0n) is 9.41. The van der Waals surface area contributed by atoms with Gasteiger partial charge in [-0.25, -0.2) is 4.39 Å². The highest BCUT2D eigenvalue weighted by Gasteiger charge is 2.14. The van der Waals surface area contributed by atoms with Gasteiger partial charge in [-0.1, -0.05) is 29.9 Å². The Bertz CT molecular complexity index is 587. The zero-order valence-corrected chi connectivity index (χ0v) is 11.0. The van der Waals surface area contributed by atoms with Crippen LogP contribution in [0.4, 0.5) is 9.52 Å². The van der Waals surface area contributed by atoms with Gasteiger partial charge in [0.1, 0.15) is 10.8 Å². The number of carbonyl (C=O) groups is 1. The summed E-state index contributed by atoms with van der Waals surface area (Å²) in [5, 5.41) is 11.5. The normalized spacial score (nSPS) is 10.4. The molecule has 0 aliphatic heterocycles. The fraction of sp³-hybridized carbons (Fsp3) is 0.182. The zero-order chi connectivity index (χ0) is 13.1. The van der Waals surface area contributed by atoms with E-state index in [1.807, 2.05) is 6.92 Å². The first kappa shape index (κ1) is 12.9. The molecule has 1 aromatic heterocycles. The molecule has 0 aliphatic carbocycles. The third kappa shape index (κ3) is 2.83. The topological polar surface area (TPSA) is 54.9 Å². The molecule has 94 valence electrons. The fourth-order valence-corrected chi connectivity index (χ4v) is 2.12. The molecule has 0 unspecified atom stereocenters. The number of anilines is 1. The Hall–Kier alpha value is -1.53. The van der Waals surface area contributed by atoms with Crippen molar-refractivity contribution in [1.29, 1.82) is 0 Å². The van der Waals surface area contributed by atoms with Crippen molar-refractivity contribution in [3.63, 3.8) is 0 Å². The second-order valence-electron chi connectivity index (χ2n) is 3.43. The largest absolute Gasteiger partial charge is 0.296 e. The van der Waals surface area contributed by atoms with Crippen molar-refractivity contribution in [2.75, 3.05) is 5.32 Å². The van der Waals surface area contributed by atoms with Crippen LogP contribution in [0.3, 0.4) is 0 Å². The molecule has 1 N–H and O–H groups in total. The SMILES string of the molecule is CCc1nnc(NC(=O)c2ccc(Cl)cc2F)s1. The molecule has 2 rings (SSSR count). The van der Waals surface area contributed by atoms with Crippen molar-refractivity contribution in [3.8, 4) is 0 Å². The summed E-state index contributed by atoms with van der Waals surface area (Å²) in [5.74, 6) is -1.23. The molecule has 0 saturated heterocycles. The predicted octanol–water partition coefficient (Wildman–Crippen LogP) is 3.15. The van der Waals surface area contributed by atoms with Gasteiger partial charge in [-0.15, -0.1) is 10.2 Å². The van der Waals surface area contributed by atoms with Gasteiger partial charge in [0.25, 0.3) is 5.91 Å². The lowest BCUT2D eigenvalue weighted by atomic mass is 10.2. The molecule has 0 spiro atoms. The van der Waals surface area contributed by atoms with E-state index in [-0.39, 0.29) is 10.6 Å². The summed E-state index contributed by atoms with van der Waals surface area (Å²) in [6, 6.07) is 3.87. The molecule has 0 atom stereocenters. The highest BCUT2D eigenvalue weighted by molar-refractivity contribution is 7.15. The maximum Gasteiger partial charge on any atom is 0.260 e. The fourth-order valence-electron chi connectivity index (χ4n) is 1.29. The number of aromatic nitrogens is 2. The van der Waals surface area contributed by atoms with Gasteiger partial charge in [-0.05, 0) is 24.6 Å². The molecule has 4 nitrogen and oxygen atoms in total.